The van der Waals surface area contributed by atoms with E-state index in [4.69, 9.17) is 9.47 Å². The molecule has 2 amide bonds. The van der Waals surface area contributed by atoms with Crippen LogP contribution in [0.2, 0.25) is 0 Å². The van der Waals surface area contributed by atoms with Gasteiger partial charge in [-0.25, -0.2) is 4.98 Å². The number of piperidine rings is 1. The Labute approximate surface area is 300 Å². The third-order valence-electron chi connectivity index (χ3n) is 9.92. The summed E-state index contributed by atoms with van der Waals surface area (Å²) in [5, 5.41) is 5.93. The predicted molar refractivity (Wildman–Crippen MR) is 191 cm³/mol. The molecule has 272 valence electrons. The number of halogens is 3. The highest BCUT2D eigenvalue weighted by molar-refractivity contribution is 6.04. The van der Waals surface area contributed by atoms with Gasteiger partial charge in [0.25, 0.3) is 5.91 Å². The summed E-state index contributed by atoms with van der Waals surface area (Å²) in [5.41, 5.74) is 3.18. The number of aromatic nitrogens is 1. The highest BCUT2D eigenvalue weighted by Gasteiger charge is 2.30. The normalized spacial score (nSPS) is 16.5. The molecule has 0 unspecified atom stereocenters. The van der Waals surface area contributed by atoms with E-state index in [1.165, 1.54) is 17.4 Å². The fourth-order valence-electron chi connectivity index (χ4n) is 6.83. The Balaban J connectivity index is 0.800. The number of hydrogen-bond donors (Lipinski definition) is 2. The van der Waals surface area contributed by atoms with Gasteiger partial charge in [-0.3, -0.25) is 14.5 Å². The molecule has 3 aromatic carbocycles. The Hall–Kier alpha value is -5.30. The monoisotopic (exact) mass is 714 g/mol. The van der Waals surface area contributed by atoms with E-state index in [0.717, 1.165) is 100.0 Å². The zero-order chi connectivity index (χ0) is 36.1. The molecule has 3 aliphatic rings. The van der Waals surface area contributed by atoms with Gasteiger partial charge in [0.1, 0.15) is 5.82 Å². The molecule has 0 bridgehead atoms. The summed E-state index contributed by atoms with van der Waals surface area (Å²) < 4.78 is 49.3. The number of pyridine rings is 1. The zero-order valence-electron chi connectivity index (χ0n) is 28.7. The Morgan fingerprint density at radius 3 is 2.21 bits per heavy atom. The average Bonchev–Trinajstić information content (AvgIpc) is 3.63. The number of anilines is 3. The fraction of sp³-hybridized carbons (Fsp3) is 0.359. The summed E-state index contributed by atoms with van der Waals surface area (Å²) in [4.78, 5) is 36.8. The van der Waals surface area contributed by atoms with Gasteiger partial charge >= 0.3 is 6.18 Å². The second kappa shape index (κ2) is 15.5. The second-order valence-electron chi connectivity index (χ2n) is 13.5. The highest BCUT2D eigenvalue weighted by atomic mass is 19.4. The van der Waals surface area contributed by atoms with Crippen LogP contribution in [0.3, 0.4) is 0 Å². The molecule has 0 spiro atoms. The third kappa shape index (κ3) is 8.76. The second-order valence-corrected chi connectivity index (χ2v) is 13.5. The van der Waals surface area contributed by atoms with E-state index in [-0.39, 0.29) is 18.3 Å². The Kier molecular flexibility index (Phi) is 10.5. The minimum atomic E-state index is -4.46. The molecule has 2 saturated heterocycles. The van der Waals surface area contributed by atoms with Gasteiger partial charge in [0, 0.05) is 70.0 Å². The number of nitrogens with one attached hydrogen (secondary N) is 2. The van der Waals surface area contributed by atoms with Gasteiger partial charge in [0.05, 0.1) is 17.4 Å². The summed E-state index contributed by atoms with van der Waals surface area (Å²) in [7, 11) is 0. The molecule has 1 aromatic heterocycles. The summed E-state index contributed by atoms with van der Waals surface area (Å²) in [6.45, 7) is 6.76. The van der Waals surface area contributed by atoms with Gasteiger partial charge in [-0.05, 0) is 90.6 Å². The van der Waals surface area contributed by atoms with Crippen LogP contribution < -0.4 is 25.0 Å². The van der Waals surface area contributed by atoms with Gasteiger partial charge in [-0.2, -0.15) is 13.2 Å². The molecule has 4 heterocycles. The predicted octanol–water partition coefficient (Wildman–Crippen LogP) is 6.64. The number of alkyl halides is 3. The Morgan fingerprint density at radius 1 is 0.808 bits per heavy atom. The van der Waals surface area contributed by atoms with Crippen LogP contribution in [0.1, 0.15) is 46.3 Å². The summed E-state index contributed by atoms with van der Waals surface area (Å²) >= 11 is 0. The molecule has 52 heavy (non-hydrogen) atoms. The van der Waals surface area contributed by atoms with E-state index in [0.29, 0.717) is 30.4 Å². The Morgan fingerprint density at radius 2 is 1.52 bits per heavy atom. The third-order valence-corrected chi connectivity index (χ3v) is 9.92. The fourth-order valence-corrected chi connectivity index (χ4v) is 6.83. The van der Waals surface area contributed by atoms with Crippen LogP contribution in [-0.4, -0.2) is 72.7 Å². The van der Waals surface area contributed by atoms with Crippen LogP contribution in [0.4, 0.5) is 30.4 Å². The number of hydrogen-bond acceptors (Lipinski definition) is 8. The Bertz CT molecular complexity index is 1840. The number of carbonyl (C=O) groups excluding carboxylic acids is 2. The number of rotatable bonds is 10. The maximum atomic E-state index is 13.2. The van der Waals surface area contributed by atoms with Crippen molar-refractivity contribution in [3.63, 3.8) is 0 Å². The van der Waals surface area contributed by atoms with Crippen molar-refractivity contribution in [3.8, 4) is 11.5 Å². The van der Waals surface area contributed by atoms with Gasteiger partial charge in [-0.1, -0.05) is 18.2 Å². The number of piperazine rings is 1. The van der Waals surface area contributed by atoms with Gasteiger partial charge in [-0.15, -0.1) is 0 Å². The molecule has 0 atom stereocenters. The number of benzene rings is 3. The van der Waals surface area contributed by atoms with Gasteiger partial charge < -0.3 is 29.9 Å². The van der Waals surface area contributed by atoms with Crippen molar-refractivity contribution >= 4 is 29.0 Å². The lowest BCUT2D eigenvalue weighted by Crippen LogP contribution is -2.48. The minimum absolute atomic E-state index is 0.119. The van der Waals surface area contributed by atoms with Gasteiger partial charge in [0.2, 0.25) is 12.7 Å². The molecule has 2 fully saturated rings. The number of carbonyl (C=O) groups is 2. The van der Waals surface area contributed by atoms with Crippen molar-refractivity contribution in [1.29, 1.82) is 0 Å². The summed E-state index contributed by atoms with van der Waals surface area (Å²) in [6.07, 6.45) is -0.366. The molecular weight excluding hydrogens is 673 g/mol. The standard InChI is InChI=1S/C39H41F3N6O4/c40-39(41,42)31-6-4-30(5-7-31)38(50)45-32-8-12-36(44-24-32)43-23-28-1-9-33(10-2-28)47-15-13-27(14-16-47)22-37(49)48-19-17-46(18-20-48)25-29-3-11-34-35(21-29)52-26-51-34/h1-12,21,24,27H,13-20,22-23,25-26H2,(H,43,44)(H,45,50). The lowest BCUT2D eigenvalue weighted by Gasteiger charge is -2.37. The molecule has 13 heteroatoms. The first-order valence-electron chi connectivity index (χ1n) is 17.6. The maximum absolute atomic E-state index is 13.2. The quantitative estimate of drug-likeness (QED) is 0.189. The first-order valence-corrected chi connectivity index (χ1v) is 17.6. The molecule has 3 aliphatic heterocycles. The van der Waals surface area contributed by atoms with Crippen molar-refractivity contribution in [2.45, 2.75) is 38.5 Å². The van der Waals surface area contributed by atoms with Crippen molar-refractivity contribution in [2.24, 2.45) is 5.92 Å². The van der Waals surface area contributed by atoms with Crippen LogP contribution in [0.5, 0.6) is 11.5 Å². The van der Waals surface area contributed by atoms with E-state index < -0.39 is 17.6 Å². The molecule has 10 nitrogen and oxygen atoms in total. The largest absolute Gasteiger partial charge is 0.454 e. The maximum Gasteiger partial charge on any atom is 0.416 e. The van der Waals surface area contributed by atoms with Crippen molar-refractivity contribution in [1.82, 2.24) is 14.8 Å². The molecule has 0 saturated carbocycles. The topological polar surface area (TPSA) is 99.3 Å². The van der Waals surface area contributed by atoms with Crippen LogP contribution >= 0.6 is 0 Å². The van der Waals surface area contributed by atoms with Crippen molar-refractivity contribution in [2.75, 3.05) is 61.6 Å². The van der Waals surface area contributed by atoms with Crippen LogP contribution in [0, 0.1) is 5.92 Å². The number of amides is 2. The van der Waals surface area contributed by atoms with Gasteiger partial charge in [0.15, 0.2) is 11.5 Å². The first kappa shape index (κ1) is 35.1. The minimum Gasteiger partial charge on any atom is -0.454 e. The van der Waals surface area contributed by atoms with Crippen LogP contribution in [0.15, 0.2) is 85.1 Å². The SMILES string of the molecule is O=C(Nc1ccc(NCc2ccc(N3CCC(CC(=O)N4CCN(Cc5ccc6c(c5)OCO6)CC4)CC3)cc2)nc1)c1ccc(C(F)(F)F)cc1. The van der Waals surface area contributed by atoms with E-state index in [2.05, 4.69) is 55.7 Å². The molecule has 0 radical (unpaired) electrons. The van der Waals surface area contributed by atoms with E-state index in [1.807, 2.05) is 17.0 Å². The van der Waals surface area contributed by atoms with Crippen LogP contribution in [0.25, 0.3) is 0 Å². The van der Waals surface area contributed by atoms with Crippen molar-refractivity contribution < 1.29 is 32.2 Å². The molecule has 4 aromatic rings. The molecule has 7 rings (SSSR count). The van der Waals surface area contributed by atoms with E-state index in [9.17, 15) is 22.8 Å². The molecule has 2 N–H and O–H groups in total. The van der Waals surface area contributed by atoms with E-state index >= 15 is 0 Å². The lowest BCUT2D eigenvalue weighted by molar-refractivity contribution is -0.137. The van der Waals surface area contributed by atoms with Crippen LogP contribution in [-0.2, 0) is 24.1 Å². The average molecular weight is 715 g/mol. The van der Waals surface area contributed by atoms with Crippen molar-refractivity contribution in [3.05, 3.63) is 107 Å². The first-order chi connectivity index (χ1) is 25.2. The number of ether oxygens (including phenoxy) is 2. The summed E-state index contributed by atoms with van der Waals surface area (Å²) in [5.74, 6) is 2.37. The zero-order valence-corrected chi connectivity index (χ0v) is 28.7. The number of nitrogens with zero attached hydrogens (tertiary/aromatic N) is 4. The highest BCUT2D eigenvalue weighted by Crippen LogP contribution is 2.33. The molecular formula is C39H41F3N6O4. The summed E-state index contributed by atoms with van der Waals surface area (Å²) in [6, 6.07) is 22.0. The molecule has 0 aliphatic carbocycles. The number of fused-ring (bicyclic) bond motifs is 1. The van der Waals surface area contributed by atoms with E-state index in [1.54, 1.807) is 12.1 Å². The lowest BCUT2D eigenvalue weighted by atomic mass is 9.92. The smallest absolute Gasteiger partial charge is 0.416 e.